The van der Waals surface area contributed by atoms with Gasteiger partial charge in [-0.25, -0.2) is 14.6 Å². The van der Waals surface area contributed by atoms with Gasteiger partial charge in [0.2, 0.25) is 0 Å². The first-order valence-corrected chi connectivity index (χ1v) is 11.5. The van der Waals surface area contributed by atoms with Crippen molar-refractivity contribution in [3.8, 4) is 11.4 Å². The fourth-order valence-corrected chi connectivity index (χ4v) is 4.51. The number of aryl methyl sites for hydroxylation is 2. The molecule has 0 amide bonds. The molecule has 0 unspecified atom stereocenters. The van der Waals surface area contributed by atoms with Crippen LogP contribution in [0.15, 0.2) is 59.5 Å². The Morgan fingerprint density at radius 1 is 1.19 bits per heavy atom. The number of ether oxygens (including phenoxy) is 1. The predicted molar refractivity (Wildman–Crippen MR) is 129 cm³/mol. The highest BCUT2D eigenvalue weighted by molar-refractivity contribution is 9.10. The van der Waals surface area contributed by atoms with Gasteiger partial charge in [-0.2, -0.15) is 5.10 Å². The summed E-state index contributed by atoms with van der Waals surface area (Å²) in [4.78, 5) is 9.22. The van der Waals surface area contributed by atoms with E-state index in [9.17, 15) is 0 Å². The molecule has 0 atom stereocenters. The highest BCUT2D eigenvalue weighted by Crippen LogP contribution is 2.30. The smallest absolute Gasteiger partial charge is 0.155 e. The molecular formula is C25H24BrN5O. The number of nitrogens with zero attached hydrogens (tertiary/aromatic N) is 5. The number of allylic oxidation sites excluding steroid dienone is 1. The van der Waals surface area contributed by atoms with Crippen molar-refractivity contribution in [3.05, 3.63) is 87.9 Å². The maximum atomic E-state index is 5.67. The van der Waals surface area contributed by atoms with Crippen LogP contribution in [0.1, 0.15) is 41.3 Å². The molecule has 0 radical (unpaired) electrons. The van der Waals surface area contributed by atoms with E-state index in [1.165, 1.54) is 11.1 Å². The molecule has 0 fully saturated rings. The third-order valence-electron chi connectivity index (χ3n) is 5.66. The maximum Gasteiger partial charge on any atom is 0.155 e. The number of benzene rings is 2. The van der Waals surface area contributed by atoms with E-state index in [4.69, 9.17) is 14.8 Å². The van der Waals surface area contributed by atoms with Crippen LogP contribution in [0, 0.1) is 6.92 Å². The van der Waals surface area contributed by atoms with Gasteiger partial charge in [0.1, 0.15) is 5.75 Å². The molecule has 2 aromatic heterocycles. The topological polar surface area (TPSA) is 57.8 Å². The molecule has 5 rings (SSSR count). The second-order valence-electron chi connectivity index (χ2n) is 7.97. The van der Waals surface area contributed by atoms with E-state index in [0.29, 0.717) is 6.42 Å². The fraction of sp³-hybridized carbons (Fsp3) is 0.240. The van der Waals surface area contributed by atoms with Crippen molar-refractivity contribution < 1.29 is 4.74 Å². The Morgan fingerprint density at radius 3 is 2.84 bits per heavy atom. The molecule has 0 N–H and O–H groups in total. The van der Waals surface area contributed by atoms with E-state index < -0.39 is 0 Å². The third-order valence-corrected chi connectivity index (χ3v) is 6.43. The molecule has 0 saturated carbocycles. The Morgan fingerprint density at radius 2 is 2.06 bits per heavy atom. The van der Waals surface area contributed by atoms with Crippen LogP contribution in [0.25, 0.3) is 17.3 Å². The summed E-state index contributed by atoms with van der Waals surface area (Å²) in [5.74, 6) is 2.62. The van der Waals surface area contributed by atoms with Crippen LogP contribution in [0.2, 0.25) is 0 Å². The van der Waals surface area contributed by atoms with Crippen LogP contribution in [-0.4, -0.2) is 31.4 Å². The van der Waals surface area contributed by atoms with Crippen molar-refractivity contribution in [1.82, 2.24) is 24.3 Å². The highest BCUT2D eigenvalue weighted by Gasteiger charge is 2.19. The van der Waals surface area contributed by atoms with Gasteiger partial charge in [0.25, 0.3) is 0 Å². The minimum Gasteiger partial charge on any atom is -0.495 e. The number of aromatic nitrogens is 5. The standard InChI is InChI=1S/C25H24BrN5O/c1-17-15-30(16-27-17)22-10-9-18(13-23(22)32-2)12-20-7-5-11-31-25(20)28-24(29-31)14-19-6-3-4-8-21(19)26/h3-4,6,8-10,12-13,15-16H,5,7,11,14H2,1-2H3/b20-12+. The summed E-state index contributed by atoms with van der Waals surface area (Å²) in [5, 5.41) is 4.78. The minimum atomic E-state index is 0.710. The fourth-order valence-electron chi connectivity index (χ4n) is 4.09. The van der Waals surface area contributed by atoms with Gasteiger partial charge < -0.3 is 9.30 Å². The normalized spacial score (nSPS) is 14.5. The van der Waals surface area contributed by atoms with E-state index in [0.717, 1.165) is 58.2 Å². The number of methoxy groups -OCH3 is 1. The predicted octanol–water partition coefficient (Wildman–Crippen LogP) is 5.47. The van der Waals surface area contributed by atoms with Gasteiger partial charge in [-0.15, -0.1) is 0 Å². The van der Waals surface area contributed by atoms with E-state index in [1.807, 2.05) is 40.8 Å². The van der Waals surface area contributed by atoms with Gasteiger partial charge in [-0.05, 0) is 60.7 Å². The van der Waals surface area contributed by atoms with Crippen LogP contribution in [-0.2, 0) is 13.0 Å². The average Bonchev–Trinajstić information content (AvgIpc) is 3.41. The summed E-state index contributed by atoms with van der Waals surface area (Å²) in [6.07, 6.45) is 8.75. The lowest BCUT2D eigenvalue weighted by Crippen LogP contribution is -2.11. The largest absolute Gasteiger partial charge is 0.495 e. The molecule has 162 valence electrons. The Labute approximate surface area is 195 Å². The highest BCUT2D eigenvalue weighted by atomic mass is 79.9. The molecule has 7 heteroatoms. The Balaban J connectivity index is 1.46. The van der Waals surface area contributed by atoms with Crippen LogP contribution >= 0.6 is 15.9 Å². The molecule has 3 heterocycles. The van der Waals surface area contributed by atoms with Gasteiger partial charge in [0, 0.05) is 23.6 Å². The van der Waals surface area contributed by atoms with E-state index >= 15 is 0 Å². The number of rotatable bonds is 5. The molecule has 1 aliphatic heterocycles. The first kappa shape index (κ1) is 20.7. The quantitative estimate of drug-likeness (QED) is 0.373. The molecule has 0 aliphatic carbocycles. The summed E-state index contributed by atoms with van der Waals surface area (Å²) in [5.41, 5.74) is 5.42. The SMILES string of the molecule is COc1cc(/C=C2\CCCn3nc(Cc4ccccc4Br)nc32)ccc1-n1cnc(C)c1. The molecular weight excluding hydrogens is 466 g/mol. The van der Waals surface area contributed by atoms with Crippen molar-refractivity contribution in [2.24, 2.45) is 0 Å². The number of fused-ring (bicyclic) bond motifs is 1. The number of hydrogen-bond acceptors (Lipinski definition) is 4. The van der Waals surface area contributed by atoms with Gasteiger partial charge in [-0.3, -0.25) is 0 Å². The van der Waals surface area contributed by atoms with Crippen molar-refractivity contribution in [2.45, 2.75) is 32.7 Å². The van der Waals surface area contributed by atoms with Crippen LogP contribution in [0.3, 0.4) is 0 Å². The lowest BCUT2D eigenvalue weighted by Gasteiger charge is -2.16. The molecule has 32 heavy (non-hydrogen) atoms. The first-order chi connectivity index (χ1) is 15.6. The average molecular weight is 490 g/mol. The van der Waals surface area contributed by atoms with Crippen molar-refractivity contribution in [3.63, 3.8) is 0 Å². The van der Waals surface area contributed by atoms with Crippen molar-refractivity contribution >= 4 is 27.6 Å². The first-order valence-electron chi connectivity index (χ1n) is 10.7. The van der Waals surface area contributed by atoms with Gasteiger partial charge in [0.15, 0.2) is 11.6 Å². The molecule has 0 spiro atoms. The van der Waals surface area contributed by atoms with Crippen LogP contribution in [0.5, 0.6) is 5.75 Å². The zero-order valence-corrected chi connectivity index (χ0v) is 19.7. The summed E-state index contributed by atoms with van der Waals surface area (Å²) >= 11 is 3.63. The van der Waals surface area contributed by atoms with Gasteiger partial charge in [-0.1, -0.05) is 40.2 Å². The van der Waals surface area contributed by atoms with Crippen molar-refractivity contribution in [2.75, 3.05) is 7.11 Å². The maximum absolute atomic E-state index is 5.67. The number of imidazole rings is 1. The molecule has 4 aromatic rings. The monoisotopic (exact) mass is 489 g/mol. The van der Waals surface area contributed by atoms with E-state index in [1.54, 1.807) is 7.11 Å². The van der Waals surface area contributed by atoms with E-state index in [2.05, 4.69) is 57.3 Å². The summed E-state index contributed by atoms with van der Waals surface area (Å²) in [6.45, 7) is 2.88. The van der Waals surface area contributed by atoms with E-state index in [-0.39, 0.29) is 0 Å². The van der Waals surface area contributed by atoms with Gasteiger partial charge >= 0.3 is 0 Å². The zero-order valence-electron chi connectivity index (χ0n) is 18.1. The molecule has 0 bridgehead atoms. The summed E-state index contributed by atoms with van der Waals surface area (Å²) < 4.78 is 10.8. The number of halogens is 1. The van der Waals surface area contributed by atoms with Crippen molar-refractivity contribution in [1.29, 1.82) is 0 Å². The molecule has 6 nitrogen and oxygen atoms in total. The molecule has 0 saturated heterocycles. The Hall–Kier alpha value is -3.19. The lowest BCUT2D eigenvalue weighted by atomic mass is 10.0. The summed E-state index contributed by atoms with van der Waals surface area (Å²) in [7, 11) is 1.70. The number of hydrogen-bond donors (Lipinski definition) is 0. The summed E-state index contributed by atoms with van der Waals surface area (Å²) in [6, 6.07) is 14.5. The second-order valence-corrected chi connectivity index (χ2v) is 8.82. The molecule has 1 aliphatic rings. The minimum absolute atomic E-state index is 0.710. The van der Waals surface area contributed by atoms with Crippen LogP contribution < -0.4 is 4.74 Å². The Kier molecular flexibility index (Phi) is 5.66. The molecule has 2 aromatic carbocycles. The lowest BCUT2D eigenvalue weighted by molar-refractivity contribution is 0.413. The second kappa shape index (κ2) is 8.74. The third kappa shape index (κ3) is 4.12. The van der Waals surface area contributed by atoms with Crippen LogP contribution in [0.4, 0.5) is 0 Å². The van der Waals surface area contributed by atoms with Gasteiger partial charge in [0.05, 0.1) is 24.8 Å². The Bertz CT molecular complexity index is 1300. The zero-order chi connectivity index (χ0) is 22.1.